The molecule has 0 spiro atoms. The number of nitrogens with zero attached hydrogens (tertiary/aromatic N) is 3. The van der Waals surface area contributed by atoms with Crippen molar-refractivity contribution in [2.75, 3.05) is 13.6 Å². The van der Waals surface area contributed by atoms with Crippen molar-refractivity contribution in [1.82, 2.24) is 13.9 Å². The van der Waals surface area contributed by atoms with Gasteiger partial charge in [-0.3, -0.25) is 0 Å². The van der Waals surface area contributed by atoms with Gasteiger partial charge in [0.2, 0.25) is 0 Å². The molecule has 0 fully saturated rings. The van der Waals surface area contributed by atoms with E-state index >= 15 is 0 Å². The van der Waals surface area contributed by atoms with Gasteiger partial charge in [0.05, 0.1) is 10.6 Å². The highest BCUT2D eigenvalue weighted by Crippen LogP contribution is 2.35. The maximum absolute atomic E-state index is 13.7. The van der Waals surface area contributed by atoms with E-state index in [4.69, 9.17) is 0 Å². The molecule has 4 aromatic rings. The summed E-state index contributed by atoms with van der Waals surface area (Å²) in [6.45, 7) is 1.89. The third-order valence-corrected chi connectivity index (χ3v) is 8.00. The molecule has 7 heteroatoms. The second-order valence-corrected chi connectivity index (χ2v) is 10.3. The topological polar surface area (TPSA) is 55.2 Å². The third-order valence-electron chi connectivity index (χ3n) is 5.59. The molecule has 0 aliphatic carbocycles. The molecule has 1 aliphatic heterocycles. The Balaban J connectivity index is 1.79. The molecule has 0 saturated carbocycles. The van der Waals surface area contributed by atoms with Gasteiger partial charge in [-0.15, -0.1) is 0 Å². The lowest BCUT2D eigenvalue weighted by Gasteiger charge is -2.25. The van der Waals surface area contributed by atoms with Gasteiger partial charge in [-0.2, -0.15) is 0 Å². The monoisotopic (exact) mass is 481 g/mol. The number of aromatic nitrogens is 2. The van der Waals surface area contributed by atoms with Crippen LogP contribution in [0.2, 0.25) is 0 Å². The van der Waals surface area contributed by atoms with E-state index < -0.39 is 10.0 Å². The Morgan fingerprint density at radius 3 is 2.60 bits per heavy atom. The standard InChI is InChI=1S/C23H20BrN3O2S/c1-26-12-10-16-7-8-17(13-18(16)15-26)22-14-20-21(24)9-11-25-23(20)27(22)30(28,29)19-5-3-2-4-6-19/h2-9,11,13-14H,10,12,15H2,1H3. The van der Waals surface area contributed by atoms with Crippen molar-refractivity contribution in [3.8, 4) is 11.3 Å². The van der Waals surface area contributed by atoms with Crippen LogP contribution in [0.4, 0.5) is 0 Å². The molecule has 0 unspecified atom stereocenters. The summed E-state index contributed by atoms with van der Waals surface area (Å²) < 4.78 is 29.5. The fraction of sp³-hybridized carbons (Fsp3) is 0.174. The Morgan fingerprint density at radius 2 is 1.80 bits per heavy atom. The summed E-state index contributed by atoms with van der Waals surface area (Å²) in [4.78, 5) is 6.94. The first-order valence-corrected chi connectivity index (χ1v) is 12.0. The molecule has 5 nitrogen and oxygen atoms in total. The number of benzene rings is 2. The molecule has 3 heterocycles. The molecular weight excluding hydrogens is 462 g/mol. The maximum atomic E-state index is 13.7. The van der Waals surface area contributed by atoms with Crippen molar-refractivity contribution in [2.45, 2.75) is 17.9 Å². The Bertz CT molecular complexity index is 1360. The predicted octanol–water partition coefficient (Wildman–Crippen LogP) is 4.69. The number of pyridine rings is 1. The fourth-order valence-electron chi connectivity index (χ4n) is 4.04. The lowest BCUT2D eigenvalue weighted by atomic mass is 9.97. The average Bonchev–Trinajstić information content (AvgIpc) is 3.16. The lowest BCUT2D eigenvalue weighted by molar-refractivity contribution is 0.313. The van der Waals surface area contributed by atoms with Crippen molar-refractivity contribution in [3.05, 3.63) is 82.5 Å². The number of hydrogen-bond donors (Lipinski definition) is 0. The first-order valence-electron chi connectivity index (χ1n) is 9.72. The highest BCUT2D eigenvalue weighted by atomic mass is 79.9. The van der Waals surface area contributed by atoms with Crippen LogP contribution in [0.1, 0.15) is 11.1 Å². The minimum atomic E-state index is -3.83. The molecule has 0 amide bonds. The van der Waals surface area contributed by atoms with Gasteiger partial charge in [0, 0.05) is 29.1 Å². The molecule has 0 radical (unpaired) electrons. The highest BCUT2D eigenvalue weighted by Gasteiger charge is 2.26. The lowest BCUT2D eigenvalue weighted by Crippen LogP contribution is -2.26. The minimum absolute atomic E-state index is 0.239. The molecule has 0 saturated heterocycles. The summed E-state index contributed by atoms with van der Waals surface area (Å²) in [7, 11) is -1.72. The molecule has 2 aromatic carbocycles. The van der Waals surface area contributed by atoms with Gasteiger partial charge >= 0.3 is 0 Å². The van der Waals surface area contributed by atoms with Crippen LogP contribution in [0, 0.1) is 0 Å². The summed E-state index contributed by atoms with van der Waals surface area (Å²) in [5, 5.41) is 0.766. The van der Waals surface area contributed by atoms with Crippen LogP contribution in [-0.2, 0) is 23.0 Å². The third kappa shape index (κ3) is 3.17. The van der Waals surface area contributed by atoms with E-state index in [1.54, 1.807) is 30.5 Å². The van der Waals surface area contributed by atoms with Crippen LogP contribution in [0.5, 0.6) is 0 Å². The zero-order valence-corrected chi connectivity index (χ0v) is 18.8. The zero-order valence-electron chi connectivity index (χ0n) is 16.4. The smallest absolute Gasteiger partial charge is 0.269 e. The first kappa shape index (κ1) is 19.5. The quantitative estimate of drug-likeness (QED) is 0.425. The van der Waals surface area contributed by atoms with Gasteiger partial charge < -0.3 is 4.90 Å². The Morgan fingerprint density at radius 1 is 1.00 bits per heavy atom. The van der Waals surface area contributed by atoms with E-state index in [1.165, 1.54) is 15.1 Å². The average molecular weight is 482 g/mol. The minimum Gasteiger partial charge on any atom is -0.302 e. The highest BCUT2D eigenvalue weighted by molar-refractivity contribution is 9.10. The van der Waals surface area contributed by atoms with Crippen molar-refractivity contribution in [3.63, 3.8) is 0 Å². The molecule has 0 atom stereocenters. The van der Waals surface area contributed by atoms with Gasteiger partial charge in [-0.05, 0) is 76.4 Å². The van der Waals surface area contributed by atoms with E-state index in [0.29, 0.717) is 11.3 Å². The molecule has 152 valence electrons. The van der Waals surface area contributed by atoms with Gasteiger partial charge in [-0.25, -0.2) is 17.4 Å². The van der Waals surface area contributed by atoms with Crippen LogP contribution in [0.25, 0.3) is 22.3 Å². The number of likely N-dealkylation sites (N-methyl/N-ethyl adjacent to an activating group) is 1. The normalized spacial score (nSPS) is 14.7. The maximum Gasteiger partial charge on any atom is 0.269 e. The summed E-state index contributed by atoms with van der Waals surface area (Å²) in [5.41, 5.74) is 4.46. The number of hydrogen-bond acceptors (Lipinski definition) is 4. The zero-order chi connectivity index (χ0) is 20.9. The van der Waals surface area contributed by atoms with Crippen LogP contribution in [0.3, 0.4) is 0 Å². The predicted molar refractivity (Wildman–Crippen MR) is 122 cm³/mol. The molecule has 0 N–H and O–H groups in total. The van der Waals surface area contributed by atoms with E-state index in [-0.39, 0.29) is 4.90 Å². The number of halogens is 1. The Kier molecular flexibility index (Phi) is 4.76. The van der Waals surface area contributed by atoms with E-state index in [2.05, 4.69) is 45.0 Å². The molecular formula is C23H20BrN3O2S. The Hall–Kier alpha value is -2.48. The summed E-state index contributed by atoms with van der Waals surface area (Å²) in [6, 6.07) is 18.5. The van der Waals surface area contributed by atoms with E-state index in [0.717, 1.165) is 34.9 Å². The largest absolute Gasteiger partial charge is 0.302 e. The second kappa shape index (κ2) is 7.34. The molecule has 5 rings (SSSR count). The summed E-state index contributed by atoms with van der Waals surface area (Å²) >= 11 is 3.55. The summed E-state index contributed by atoms with van der Waals surface area (Å²) in [6.07, 6.45) is 2.62. The molecule has 30 heavy (non-hydrogen) atoms. The molecule has 1 aliphatic rings. The first-order chi connectivity index (χ1) is 14.4. The van der Waals surface area contributed by atoms with Crippen LogP contribution < -0.4 is 0 Å². The van der Waals surface area contributed by atoms with Crippen molar-refractivity contribution < 1.29 is 8.42 Å². The van der Waals surface area contributed by atoms with Gasteiger partial charge in [0.25, 0.3) is 10.0 Å². The SMILES string of the molecule is CN1CCc2ccc(-c3cc4c(Br)ccnc4n3S(=O)(=O)c3ccccc3)cc2C1. The van der Waals surface area contributed by atoms with Crippen LogP contribution in [0.15, 0.2) is 76.2 Å². The van der Waals surface area contributed by atoms with E-state index in [9.17, 15) is 8.42 Å². The van der Waals surface area contributed by atoms with Gasteiger partial charge in [0.1, 0.15) is 0 Å². The molecule has 0 bridgehead atoms. The van der Waals surface area contributed by atoms with Gasteiger partial charge in [-0.1, -0.05) is 30.3 Å². The molecule has 2 aromatic heterocycles. The van der Waals surface area contributed by atoms with Gasteiger partial charge in [0.15, 0.2) is 5.65 Å². The van der Waals surface area contributed by atoms with Crippen molar-refractivity contribution in [1.29, 1.82) is 0 Å². The van der Waals surface area contributed by atoms with Crippen molar-refractivity contribution >= 4 is 37.0 Å². The van der Waals surface area contributed by atoms with Crippen LogP contribution in [-0.4, -0.2) is 35.9 Å². The summed E-state index contributed by atoms with van der Waals surface area (Å²) in [5.74, 6) is 0. The Labute approximate surface area is 184 Å². The van der Waals surface area contributed by atoms with Crippen molar-refractivity contribution in [2.24, 2.45) is 0 Å². The second-order valence-electron chi connectivity index (χ2n) is 7.61. The fourth-order valence-corrected chi connectivity index (χ4v) is 5.96. The number of fused-ring (bicyclic) bond motifs is 2. The van der Waals surface area contributed by atoms with E-state index in [1.807, 2.05) is 24.3 Å². The van der Waals surface area contributed by atoms with Crippen LogP contribution >= 0.6 is 15.9 Å². The number of rotatable bonds is 3.